The second-order valence-corrected chi connectivity index (χ2v) is 5.97. The molecule has 0 unspecified atom stereocenters. The molecule has 2 aromatic carbocycles. The summed E-state index contributed by atoms with van der Waals surface area (Å²) in [7, 11) is 0. The maximum absolute atomic E-state index is 2.43. The number of hydrogen-bond acceptors (Lipinski definition) is 1. The van der Waals surface area contributed by atoms with Crippen LogP contribution in [0, 0.1) is 0 Å². The number of para-hydroxylation sites is 1. The number of rotatable bonds is 9. The Kier molecular flexibility index (Phi) is 7.02. The molecule has 2 aromatic rings. The van der Waals surface area contributed by atoms with E-state index in [9.17, 15) is 0 Å². The van der Waals surface area contributed by atoms with Crippen molar-refractivity contribution in [2.24, 2.45) is 0 Å². The van der Waals surface area contributed by atoms with Crippen molar-refractivity contribution in [2.45, 2.75) is 52.4 Å². The molecule has 0 bridgehead atoms. The Balaban J connectivity index is 2.11. The molecule has 1 nitrogen and oxygen atoms in total. The number of hydrogen-bond donors (Lipinski definition) is 0. The summed E-state index contributed by atoms with van der Waals surface area (Å²) in [6, 6.07) is 19.8. The molecule has 1 heteroatoms. The molecule has 2 rings (SSSR count). The lowest BCUT2D eigenvalue weighted by molar-refractivity contribution is 0.667. The first-order valence-corrected chi connectivity index (χ1v) is 8.76. The third-order valence-electron chi connectivity index (χ3n) is 4.06. The van der Waals surface area contributed by atoms with Gasteiger partial charge in [-0.05, 0) is 49.1 Å². The van der Waals surface area contributed by atoms with Crippen LogP contribution in [0.5, 0.6) is 0 Å². The Bertz CT molecular complexity index is 533. The molecular weight excluding hydrogens is 266 g/mol. The van der Waals surface area contributed by atoms with Crippen LogP contribution in [0.25, 0.3) is 0 Å². The average Bonchev–Trinajstić information content (AvgIpc) is 2.58. The summed E-state index contributed by atoms with van der Waals surface area (Å²) in [5.41, 5.74) is 4.07. The molecule has 0 atom stereocenters. The Morgan fingerprint density at radius 1 is 0.727 bits per heavy atom. The summed E-state index contributed by atoms with van der Waals surface area (Å²) in [4.78, 5) is 2.43. The summed E-state index contributed by atoms with van der Waals surface area (Å²) in [6.07, 6.45) is 7.65. The third-order valence-corrected chi connectivity index (χ3v) is 4.06. The molecule has 0 radical (unpaired) electrons. The lowest BCUT2D eigenvalue weighted by Gasteiger charge is -2.25. The van der Waals surface area contributed by atoms with Gasteiger partial charge in [-0.3, -0.25) is 0 Å². The Labute approximate surface area is 136 Å². The highest BCUT2D eigenvalue weighted by molar-refractivity contribution is 5.63. The van der Waals surface area contributed by atoms with Gasteiger partial charge in [0.2, 0.25) is 0 Å². The second-order valence-electron chi connectivity index (χ2n) is 5.97. The van der Waals surface area contributed by atoms with Crippen LogP contribution in [0.2, 0.25) is 0 Å². The summed E-state index contributed by atoms with van der Waals surface area (Å²) in [5.74, 6) is 0. The normalized spacial score (nSPS) is 10.6. The molecule has 22 heavy (non-hydrogen) atoms. The van der Waals surface area contributed by atoms with Crippen molar-refractivity contribution in [1.82, 2.24) is 0 Å². The molecule has 0 aliphatic rings. The highest BCUT2D eigenvalue weighted by atomic mass is 15.1. The minimum absolute atomic E-state index is 1.06. The minimum Gasteiger partial charge on any atom is -0.341 e. The molecule has 0 aromatic heterocycles. The van der Waals surface area contributed by atoms with Crippen LogP contribution in [-0.2, 0) is 6.42 Å². The predicted molar refractivity (Wildman–Crippen MR) is 98.0 cm³/mol. The first-order valence-electron chi connectivity index (χ1n) is 8.76. The summed E-state index contributed by atoms with van der Waals surface area (Å²) < 4.78 is 0. The first-order chi connectivity index (χ1) is 10.8. The van der Waals surface area contributed by atoms with Crippen molar-refractivity contribution in [1.29, 1.82) is 0 Å². The average molecular weight is 295 g/mol. The lowest BCUT2D eigenvalue weighted by Crippen LogP contribution is -2.17. The lowest BCUT2D eigenvalue weighted by atomic mass is 10.1. The maximum atomic E-state index is 2.43. The molecule has 0 heterocycles. The van der Waals surface area contributed by atoms with Gasteiger partial charge in [0.1, 0.15) is 0 Å². The third kappa shape index (κ3) is 4.91. The Hall–Kier alpha value is -1.76. The van der Waals surface area contributed by atoms with Gasteiger partial charge in [-0.1, -0.05) is 63.4 Å². The van der Waals surface area contributed by atoms with Gasteiger partial charge in [-0.15, -0.1) is 0 Å². The zero-order valence-electron chi connectivity index (χ0n) is 14.1. The van der Waals surface area contributed by atoms with Crippen LogP contribution >= 0.6 is 0 Å². The number of unbranched alkanes of at least 4 members (excludes halogenated alkanes) is 3. The largest absolute Gasteiger partial charge is 0.341 e. The first kappa shape index (κ1) is 16.6. The summed E-state index contributed by atoms with van der Waals surface area (Å²) >= 11 is 0. The number of benzene rings is 2. The van der Waals surface area contributed by atoms with Crippen molar-refractivity contribution >= 4 is 11.4 Å². The predicted octanol–water partition coefficient (Wildman–Crippen LogP) is 6.36. The number of anilines is 2. The number of aryl methyl sites for hydroxylation is 1. The standard InChI is InChI=1S/C21H29N/c1-3-5-6-8-12-19-13-11-16-21(18-19)22(17-4-2)20-14-9-7-10-15-20/h7,9-11,13-16,18H,3-6,8,12,17H2,1-2H3. The molecule has 0 aliphatic carbocycles. The molecule has 0 saturated heterocycles. The van der Waals surface area contributed by atoms with Crippen LogP contribution in [0.15, 0.2) is 54.6 Å². The van der Waals surface area contributed by atoms with Crippen LogP contribution in [0.4, 0.5) is 11.4 Å². The highest BCUT2D eigenvalue weighted by Gasteiger charge is 2.08. The van der Waals surface area contributed by atoms with E-state index in [1.54, 1.807) is 0 Å². The SMILES string of the molecule is CCCCCCc1cccc(N(CCC)c2ccccc2)c1. The van der Waals surface area contributed by atoms with Crippen molar-refractivity contribution < 1.29 is 0 Å². The van der Waals surface area contributed by atoms with Gasteiger partial charge in [-0.2, -0.15) is 0 Å². The van der Waals surface area contributed by atoms with Crippen molar-refractivity contribution in [3.05, 3.63) is 60.2 Å². The van der Waals surface area contributed by atoms with Gasteiger partial charge in [-0.25, -0.2) is 0 Å². The van der Waals surface area contributed by atoms with Gasteiger partial charge in [0.15, 0.2) is 0 Å². The van der Waals surface area contributed by atoms with Crippen LogP contribution in [-0.4, -0.2) is 6.54 Å². The fourth-order valence-corrected chi connectivity index (χ4v) is 2.87. The van der Waals surface area contributed by atoms with E-state index in [0.29, 0.717) is 0 Å². The molecule has 0 spiro atoms. The maximum Gasteiger partial charge on any atom is 0.0413 e. The monoisotopic (exact) mass is 295 g/mol. The fourth-order valence-electron chi connectivity index (χ4n) is 2.87. The molecule has 0 fully saturated rings. The molecule has 0 N–H and O–H groups in total. The van der Waals surface area contributed by atoms with Gasteiger partial charge in [0, 0.05) is 17.9 Å². The summed E-state index contributed by atoms with van der Waals surface area (Å²) in [6.45, 7) is 5.57. The van der Waals surface area contributed by atoms with E-state index in [2.05, 4.69) is 73.3 Å². The second kappa shape index (κ2) is 9.30. The Morgan fingerprint density at radius 2 is 1.50 bits per heavy atom. The van der Waals surface area contributed by atoms with Crippen molar-refractivity contribution in [3.63, 3.8) is 0 Å². The van der Waals surface area contributed by atoms with Crippen LogP contribution in [0.3, 0.4) is 0 Å². The zero-order valence-corrected chi connectivity index (χ0v) is 14.1. The van der Waals surface area contributed by atoms with Crippen LogP contribution in [0.1, 0.15) is 51.5 Å². The van der Waals surface area contributed by atoms with Gasteiger partial charge in [0.05, 0.1) is 0 Å². The van der Waals surface area contributed by atoms with E-state index in [1.165, 1.54) is 49.0 Å². The van der Waals surface area contributed by atoms with Crippen molar-refractivity contribution in [3.8, 4) is 0 Å². The van der Waals surface area contributed by atoms with Crippen LogP contribution < -0.4 is 4.90 Å². The van der Waals surface area contributed by atoms with Gasteiger partial charge < -0.3 is 4.90 Å². The molecular formula is C21H29N. The van der Waals surface area contributed by atoms with Gasteiger partial charge >= 0.3 is 0 Å². The summed E-state index contributed by atoms with van der Waals surface area (Å²) in [5, 5.41) is 0. The number of nitrogens with zero attached hydrogens (tertiary/aromatic N) is 1. The highest BCUT2D eigenvalue weighted by Crippen LogP contribution is 2.26. The molecule has 118 valence electrons. The quantitative estimate of drug-likeness (QED) is 0.487. The minimum atomic E-state index is 1.06. The molecule has 0 amide bonds. The van der Waals surface area contributed by atoms with E-state index in [4.69, 9.17) is 0 Å². The smallest absolute Gasteiger partial charge is 0.0413 e. The molecule has 0 saturated carbocycles. The topological polar surface area (TPSA) is 3.24 Å². The van der Waals surface area contributed by atoms with E-state index in [-0.39, 0.29) is 0 Å². The van der Waals surface area contributed by atoms with E-state index < -0.39 is 0 Å². The fraction of sp³-hybridized carbons (Fsp3) is 0.429. The zero-order chi connectivity index (χ0) is 15.6. The van der Waals surface area contributed by atoms with E-state index in [0.717, 1.165) is 13.0 Å². The van der Waals surface area contributed by atoms with Crippen molar-refractivity contribution in [2.75, 3.05) is 11.4 Å². The molecule has 0 aliphatic heterocycles. The van der Waals surface area contributed by atoms with E-state index >= 15 is 0 Å². The van der Waals surface area contributed by atoms with Gasteiger partial charge in [0.25, 0.3) is 0 Å². The van der Waals surface area contributed by atoms with E-state index in [1.807, 2.05) is 0 Å². The Morgan fingerprint density at radius 3 is 2.23 bits per heavy atom.